The molecule has 0 radical (unpaired) electrons. The largest absolute Gasteiger partial charge is 0.507 e. The fourth-order valence-corrected chi connectivity index (χ4v) is 3.13. The molecule has 0 saturated heterocycles. The van der Waals surface area contributed by atoms with Gasteiger partial charge in [-0.25, -0.2) is 0 Å². The monoisotopic (exact) mass is 336 g/mol. The molecule has 1 fully saturated rings. The maximum absolute atomic E-state index is 9.88. The fraction of sp³-hybridized carbons (Fsp3) is 0.333. The second-order valence-corrected chi connectivity index (χ2v) is 6.80. The Bertz CT molecular complexity index is 744. The van der Waals surface area contributed by atoms with Gasteiger partial charge >= 0.3 is 0 Å². The highest BCUT2D eigenvalue weighted by Crippen LogP contribution is 2.26. The molecule has 2 N–H and O–H groups in total. The van der Waals surface area contributed by atoms with E-state index in [4.69, 9.17) is 0 Å². The van der Waals surface area contributed by atoms with Crippen molar-refractivity contribution in [2.75, 3.05) is 0 Å². The van der Waals surface area contributed by atoms with Crippen molar-refractivity contribution < 1.29 is 10.2 Å². The standard InChI is InChI=1S/C21H24N2O2/c1-14-3-7-20(24)16(9-14)12-22-18-5-6-19(11-18)23-13-17-10-15(2)4-8-21(17)25/h3-4,7-10,12-13,18-19,24-25H,5-6,11H2,1-2H3. The molecule has 4 heteroatoms. The average Bonchev–Trinajstić information content (AvgIpc) is 3.04. The molecule has 0 aliphatic heterocycles. The molecule has 1 aliphatic rings. The maximum atomic E-state index is 9.88. The first-order valence-corrected chi connectivity index (χ1v) is 8.67. The summed E-state index contributed by atoms with van der Waals surface area (Å²) in [7, 11) is 0. The Morgan fingerprint density at radius 3 is 1.68 bits per heavy atom. The first kappa shape index (κ1) is 17.2. The third-order valence-electron chi connectivity index (χ3n) is 4.59. The fourth-order valence-electron chi connectivity index (χ4n) is 3.13. The van der Waals surface area contributed by atoms with Gasteiger partial charge in [-0.05, 0) is 57.4 Å². The SMILES string of the molecule is Cc1ccc(O)c(C=NC2CCC(N=Cc3cc(C)ccc3O)C2)c1. The highest BCUT2D eigenvalue weighted by Gasteiger charge is 2.23. The molecule has 0 heterocycles. The van der Waals surface area contributed by atoms with Crippen LogP contribution < -0.4 is 0 Å². The smallest absolute Gasteiger partial charge is 0.124 e. The van der Waals surface area contributed by atoms with E-state index in [1.165, 1.54) is 0 Å². The first-order valence-electron chi connectivity index (χ1n) is 8.67. The Labute approximate surface area is 148 Å². The van der Waals surface area contributed by atoms with Crippen LogP contribution in [0.5, 0.6) is 11.5 Å². The predicted molar refractivity (Wildman–Crippen MR) is 102 cm³/mol. The summed E-state index contributed by atoms with van der Waals surface area (Å²) in [5.74, 6) is 0.522. The summed E-state index contributed by atoms with van der Waals surface area (Å²) in [6, 6.07) is 11.5. The number of benzene rings is 2. The van der Waals surface area contributed by atoms with Gasteiger partial charge in [-0.1, -0.05) is 23.3 Å². The lowest BCUT2D eigenvalue weighted by Gasteiger charge is -2.05. The van der Waals surface area contributed by atoms with Crippen LogP contribution in [-0.2, 0) is 0 Å². The third-order valence-corrected chi connectivity index (χ3v) is 4.59. The minimum Gasteiger partial charge on any atom is -0.507 e. The molecule has 4 nitrogen and oxygen atoms in total. The van der Waals surface area contributed by atoms with Crippen LogP contribution in [0.2, 0.25) is 0 Å². The van der Waals surface area contributed by atoms with Crippen LogP contribution in [0.25, 0.3) is 0 Å². The van der Waals surface area contributed by atoms with Gasteiger partial charge < -0.3 is 10.2 Å². The van der Waals surface area contributed by atoms with Crippen LogP contribution >= 0.6 is 0 Å². The van der Waals surface area contributed by atoms with Crippen molar-refractivity contribution >= 4 is 12.4 Å². The van der Waals surface area contributed by atoms with Gasteiger partial charge in [0.15, 0.2) is 0 Å². The second kappa shape index (κ2) is 7.51. The highest BCUT2D eigenvalue weighted by molar-refractivity contribution is 5.84. The van der Waals surface area contributed by atoms with Gasteiger partial charge in [-0.15, -0.1) is 0 Å². The van der Waals surface area contributed by atoms with Crippen LogP contribution in [0, 0.1) is 13.8 Å². The molecule has 2 atom stereocenters. The number of nitrogens with zero attached hydrogens (tertiary/aromatic N) is 2. The molecule has 0 amide bonds. The lowest BCUT2D eigenvalue weighted by atomic mass is 10.1. The normalized spacial score (nSPS) is 20.7. The van der Waals surface area contributed by atoms with E-state index in [0.717, 1.165) is 41.5 Å². The van der Waals surface area contributed by atoms with Crippen LogP contribution in [0.3, 0.4) is 0 Å². The minimum atomic E-state index is 0.230. The Balaban J connectivity index is 1.62. The van der Waals surface area contributed by atoms with Gasteiger partial charge in [0.1, 0.15) is 11.5 Å². The van der Waals surface area contributed by atoms with Crippen molar-refractivity contribution in [1.29, 1.82) is 0 Å². The van der Waals surface area contributed by atoms with Gasteiger partial charge in [-0.2, -0.15) is 0 Å². The Hall–Kier alpha value is -2.62. The van der Waals surface area contributed by atoms with Crippen molar-refractivity contribution in [3.63, 3.8) is 0 Å². The molecule has 1 aliphatic carbocycles. The molecule has 2 aromatic carbocycles. The topological polar surface area (TPSA) is 65.2 Å². The van der Waals surface area contributed by atoms with Crippen LogP contribution in [-0.4, -0.2) is 34.7 Å². The van der Waals surface area contributed by atoms with E-state index >= 15 is 0 Å². The van der Waals surface area contributed by atoms with Gasteiger partial charge in [0.2, 0.25) is 0 Å². The van der Waals surface area contributed by atoms with Gasteiger partial charge in [0, 0.05) is 23.6 Å². The predicted octanol–water partition coefficient (Wildman–Crippen LogP) is 4.17. The molecule has 0 bridgehead atoms. The lowest BCUT2D eigenvalue weighted by Crippen LogP contribution is -2.03. The molecule has 130 valence electrons. The summed E-state index contributed by atoms with van der Waals surface area (Å²) in [6.45, 7) is 4.00. The lowest BCUT2D eigenvalue weighted by molar-refractivity contribution is 0.473. The van der Waals surface area contributed by atoms with Gasteiger partial charge in [0.05, 0.1) is 12.1 Å². The molecule has 2 unspecified atom stereocenters. The molecule has 1 saturated carbocycles. The zero-order chi connectivity index (χ0) is 17.8. The summed E-state index contributed by atoms with van der Waals surface area (Å²) in [5, 5.41) is 19.8. The number of phenols is 2. The number of rotatable bonds is 4. The van der Waals surface area contributed by atoms with E-state index in [1.807, 2.05) is 38.1 Å². The van der Waals surface area contributed by atoms with E-state index < -0.39 is 0 Å². The maximum Gasteiger partial charge on any atom is 0.124 e. The first-order chi connectivity index (χ1) is 12.0. The number of phenolic OH excluding ortho intramolecular Hbond substituents is 2. The van der Waals surface area contributed by atoms with E-state index in [9.17, 15) is 10.2 Å². The van der Waals surface area contributed by atoms with Crippen molar-refractivity contribution in [3.8, 4) is 11.5 Å². The quantitative estimate of drug-likeness (QED) is 0.823. The zero-order valence-electron chi connectivity index (χ0n) is 14.7. The van der Waals surface area contributed by atoms with E-state index in [0.29, 0.717) is 0 Å². The highest BCUT2D eigenvalue weighted by atomic mass is 16.3. The summed E-state index contributed by atoms with van der Waals surface area (Å²) >= 11 is 0. The second-order valence-electron chi connectivity index (χ2n) is 6.80. The molecule has 3 rings (SSSR count). The zero-order valence-corrected chi connectivity index (χ0v) is 14.7. The molecule has 2 aromatic rings. The summed E-state index contributed by atoms with van der Waals surface area (Å²) in [6.07, 6.45) is 6.42. The van der Waals surface area contributed by atoms with Crippen molar-refractivity contribution in [3.05, 3.63) is 58.7 Å². The molecular formula is C21H24N2O2. The number of aromatic hydroxyl groups is 2. The van der Waals surface area contributed by atoms with Crippen molar-refractivity contribution in [1.82, 2.24) is 0 Å². The average molecular weight is 336 g/mol. The number of hydrogen-bond acceptors (Lipinski definition) is 4. The van der Waals surface area contributed by atoms with Crippen molar-refractivity contribution in [2.24, 2.45) is 9.98 Å². The Morgan fingerprint density at radius 2 is 1.24 bits per heavy atom. The minimum absolute atomic E-state index is 0.230. The van der Waals surface area contributed by atoms with Gasteiger partial charge in [0.25, 0.3) is 0 Å². The molecule has 0 spiro atoms. The van der Waals surface area contributed by atoms with E-state index in [-0.39, 0.29) is 23.6 Å². The Kier molecular flexibility index (Phi) is 5.17. The summed E-state index contributed by atoms with van der Waals surface area (Å²) in [5.41, 5.74) is 3.73. The third kappa shape index (κ3) is 4.47. The molecule has 25 heavy (non-hydrogen) atoms. The molecule has 0 aromatic heterocycles. The Morgan fingerprint density at radius 1 is 0.800 bits per heavy atom. The van der Waals surface area contributed by atoms with E-state index in [1.54, 1.807) is 24.6 Å². The number of aliphatic imine (C=N–C) groups is 2. The van der Waals surface area contributed by atoms with Crippen LogP contribution in [0.1, 0.15) is 41.5 Å². The summed E-state index contributed by atoms with van der Waals surface area (Å²) < 4.78 is 0. The van der Waals surface area contributed by atoms with Crippen LogP contribution in [0.15, 0.2) is 46.4 Å². The summed E-state index contributed by atoms with van der Waals surface area (Å²) in [4.78, 5) is 9.25. The van der Waals surface area contributed by atoms with E-state index in [2.05, 4.69) is 9.98 Å². The van der Waals surface area contributed by atoms with Gasteiger partial charge in [-0.3, -0.25) is 9.98 Å². The van der Waals surface area contributed by atoms with Crippen LogP contribution in [0.4, 0.5) is 0 Å². The number of aryl methyl sites for hydroxylation is 2. The van der Waals surface area contributed by atoms with Crippen molar-refractivity contribution in [2.45, 2.75) is 45.2 Å². The number of hydrogen-bond donors (Lipinski definition) is 2. The molecular weight excluding hydrogens is 312 g/mol.